The van der Waals surface area contributed by atoms with E-state index < -0.39 is 21.9 Å². The molecule has 8 nitrogen and oxygen atoms in total. The Labute approximate surface area is 183 Å². The molecule has 0 aromatic heterocycles. The zero-order chi connectivity index (χ0) is 22.0. The van der Waals surface area contributed by atoms with Crippen molar-refractivity contribution in [1.29, 1.82) is 0 Å². The Morgan fingerprint density at radius 1 is 1.07 bits per heavy atom. The van der Waals surface area contributed by atoms with Crippen molar-refractivity contribution in [2.24, 2.45) is 0 Å². The summed E-state index contributed by atoms with van der Waals surface area (Å²) in [4.78, 5) is 23.5. The average Bonchev–Trinajstić information content (AvgIpc) is 3.01. The summed E-state index contributed by atoms with van der Waals surface area (Å²) in [5.41, 5.74) is 0.553. The van der Waals surface area contributed by atoms with E-state index >= 15 is 0 Å². The fraction of sp³-hybridized carbons (Fsp3) is 0.550. The standard InChI is InChI=1S/C20H29N3O5S2/c1-2-15-28-19(25)12-11-18(24)22-20(29)21-16-7-9-17(10-8-16)30(26,27)23-13-5-3-4-6-14-23/h7-10H,2-6,11-15H2,1H3,(H2,21,22,24,29). The lowest BCUT2D eigenvalue weighted by Crippen LogP contribution is -2.34. The lowest BCUT2D eigenvalue weighted by Gasteiger charge is -2.20. The highest BCUT2D eigenvalue weighted by Gasteiger charge is 2.24. The molecule has 1 aromatic carbocycles. The Balaban J connectivity index is 1.85. The number of rotatable bonds is 8. The fourth-order valence-corrected chi connectivity index (χ4v) is 4.75. The molecule has 0 spiro atoms. The maximum atomic E-state index is 12.8. The van der Waals surface area contributed by atoms with Gasteiger partial charge in [-0.05, 0) is 55.7 Å². The molecule has 2 rings (SSSR count). The quantitative estimate of drug-likeness (QED) is 0.459. The molecule has 2 N–H and O–H groups in total. The van der Waals surface area contributed by atoms with Crippen molar-refractivity contribution in [1.82, 2.24) is 9.62 Å². The van der Waals surface area contributed by atoms with Gasteiger partial charge in [0.25, 0.3) is 0 Å². The first-order chi connectivity index (χ1) is 14.3. The van der Waals surface area contributed by atoms with Gasteiger partial charge in [0.05, 0.1) is 17.9 Å². The summed E-state index contributed by atoms with van der Waals surface area (Å²) in [6.45, 7) is 3.32. The molecule has 0 saturated carbocycles. The third kappa shape index (κ3) is 7.66. The number of carbonyl (C=O) groups is 2. The largest absolute Gasteiger partial charge is 0.466 e. The molecule has 1 aliphatic rings. The number of esters is 1. The Hall–Kier alpha value is -2.04. The van der Waals surface area contributed by atoms with E-state index in [0.717, 1.165) is 32.1 Å². The smallest absolute Gasteiger partial charge is 0.306 e. The number of ether oxygens (including phenoxy) is 1. The second-order valence-corrected chi connectivity index (χ2v) is 9.41. The highest BCUT2D eigenvalue weighted by atomic mass is 32.2. The lowest BCUT2D eigenvalue weighted by molar-refractivity contribution is -0.144. The molecule has 1 aliphatic heterocycles. The number of benzene rings is 1. The number of thiocarbonyl (C=S) groups is 1. The van der Waals surface area contributed by atoms with Crippen molar-refractivity contribution in [2.75, 3.05) is 25.0 Å². The Bertz CT molecular complexity index is 833. The highest BCUT2D eigenvalue weighted by Crippen LogP contribution is 2.21. The van der Waals surface area contributed by atoms with E-state index in [2.05, 4.69) is 10.6 Å². The van der Waals surface area contributed by atoms with Gasteiger partial charge in [0.15, 0.2) is 5.11 Å². The topological polar surface area (TPSA) is 105 Å². The predicted octanol–water partition coefficient (Wildman–Crippen LogP) is 2.80. The molecule has 1 fully saturated rings. The number of hydrogen-bond acceptors (Lipinski definition) is 6. The van der Waals surface area contributed by atoms with E-state index in [1.807, 2.05) is 6.92 Å². The van der Waals surface area contributed by atoms with Crippen LogP contribution in [0.4, 0.5) is 5.69 Å². The molecular formula is C20H29N3O5S2. The van der Waals surface area contributed by atoms with E-state index in [1.165, 1.54) is 12.1 Å². The number of carbonyl (C=O) groups excluding carboxylic acids is 2. The predicted molar refractivity (Wildman–Crippen MR) is 119 cm³/mol. The van der Waals surface area contributed by atoms with E-state index in [0.29, 0.717) is 25.4 Å². The summed E-state index contributed by atoms with van der Waals surface area (Å²) >= 11 is 5.10. The number of anilines is 1. The van der Waals surface area contributed by atoms with Gasteiger partial charge in [-0.25, -0.2) is 8.42 Å². The van der Waals surface area contributed by atoms with Gasteiger partial charge in [-0.1, -0.05) is 19.8 Å². The third-order valence-corrected chi connectivity index (χ3v) is 6.71. The number of amides is 1. The average molecular weight is 456 g/mol. The third-order valence-electron chi connectivity index (χ3n) is 4.59. The first-order valence-corrected chi connectivity index (χ1v) is 12.0. The van der Waals surface area contributed by atoms with Crippen LogP contribution in [0.15, 0.2) is 29.2 Å². The van der Waals surface area contributed by atoms with Crippen molar-refractivity contribution < 1.29 is 22.7 Å². The normalized spacial score (nSPS) is 15.1. The number of sulfonamides is 1. The van der Waals surface area contributed by atoms with Crippen LogP contribution >= 0.6 is 12.2 Å². The van der Waals surface area contributed by atoms with E-state index in [9.17, 15) is 18.0 Å². The Morgan fingerprint density at radius 3 is 2.30 bits per heavy atom. The van der Waals surface area contributed by atoms with Gasteiger partial charge in [0.2, 0.25) is 15.9 Å². The summed E-state index contributed by atoms with van der Waals surface area (Å²) in [6.07, 6.45) is 4.54. The fourth-order valence-electron chi connectivity index (χ4n) is 3.00. The van der Waals surface area contributed by atoms with Gasteiger partial charge >= 0.3 is 5.97 Å². The maximum absolute atomic E-state index is 12.8. The lowest BCUT2D eigenvalue weighted by atomic mass is 10.2. The first-order valence-electron chi connectivity index (χ1n) is 10.2. The molecule has 0 radical (unpaired) electrons. The highest BCUT2D eigenvalue weighted by molar-refractivity contribution is 7.89. The van der Waals surface area contributed by atoms with Crippen LogP contribution in [0.25, 0.3) is 0 Å². The SMILES string of the molecule is CCCOC(=O)CCC(=O)NC(=S)Nc1ccc(S(=O)(=O)N2CCCCCC2)cc1. The summed E-state index contributed by atoms with van der Waals surface area (Å²) < 4.78 is 32.0. The molecule has 1 saturated heterocycles. The van der Waals surface area contributed by atoms with Crippen LogP contribution in [-0.4, -0.2) is 49.4 Å². The van der Waals surface area contributed by atoms with E-state index in [1.54, 1.807) is 16.4 Å². The van der Waals surface area contributed by atoms with Gasteiger partial charge in [0, 0.05) is 25.2 Å². The van der Waals surface area contributed by atoms with Crippen molar-refractivity contribution in [3.8, 4) is 0 Å². The molecule has 166 valence electrons. The minimum atomic E-state index is -3.51. The summed E-state index contributed by atoms with van der Waals surface area (Å²) in [5, 5.41) is 5.40. The van der Waals surface area contributed by atoms with Crippen LogP contribution in [0, 0.1) is 0 Å². The molecule has 10 heteroatoms. The molecule has 0 aliphatic carbocycles. The summed E-state index contributed by atoms with van der Waals surface area (Å²) in [5.74, 6) is -0.826. The second-order valence-electron chi connectivity index (χ2n) is 7.07. The first kappa shape index (κ1) is 24.2. The van der Waals surface area contributed by atoms with Crippen LogP contribution in [0.5, 0.6) is 0 Å². The van der Waals surface area contributed by atoms with Gasteiger partial charge in [0.1, 0.15) is 0 Å². The monoisotopic (exact) mass is 455 g/mol. The summed E-state index contributed by atoms with van der Waals surface area (Å²) in [7, 11) is -3.51. The zero-order valence-electron chi connectivity index (χ0n) is 17.2. The van der Waals surface area contributed by atoms with Crippen molar-refractivity contribution in [2.45, 2.75) is 56.8 Å². The molecule has 0 unspecified atom stereocenters. The van der Waals surface area contributed by atoms with Crippen LogP contribution in [0.1, 0.15) is 51.9 Å². The minimum absolute atomic E-state index is 0.0164. The number of nitrogens with one attached hydrogen (secondary N) is 2. The van der Waals surface area contributed by atoms with Crippen molar-refractivity contribution >= 4 is 44.9 Å². The number of hydrogen-bond donors (Lipinski definition) is 2. The van der Waals surface area contributed by atoms with Gasteiger partial charge < -0.3 is 15.4 Å². The molecular weight excluding hydrogens is 426 g/mol. The van der Waals surface area contributed by atoms with Gasteiger partial charge in [-0.15, -0.1) is 0 Å². The maximum Gasteiger partial charge on any atom is 0.306 e. The minimum Gasteiger partial charge on any atom is -0.466 e. The Morgan fingerprint density at radius 2 is 1.70 bits per heavy atom. The number of nitrogens with zero attached hydrogens (tertiary/aromatic N) is 1. The molecule has 0 atom stereocenters. The molecule has 30 heavy (non-hydrogen) atoms. The van der Waals surface area contributed by atoms with Crippen LogP contribution in [0.3, 0.4) is 0 Å². The Kier molecular flexibility index (Phi) is 9.67. The molecule has 1 heterocycles. The van der Waals surface area contributed by atoms with Crippen LogP contribution in [0.2, 0.25) is 0 Å². The molecule has 1 aromatic rings. The van der Waals surface area contributed by atoms with Gasteiger partial charge in [-0.2, -0.15) is 4.31 Å². The van der Waals surface area contributed by atoms with E-state index in [4.69, 9.17) is 17.0 Å². The van der Waals surface area contributed by atoms with Crippen LogP contribution < -0.4 is 10.6 Å². The van der Waals surface area contributed by atoms with Crippen molar-refractivity contribution in [3.05, 3.63) is 24.3 Å². The van der Waals surface area contributed by atoms with Gasteiger partial charge in [-0.3, -0.25) is 9.59 Å². The second kappa shape index (κ2) is 12.0. The molecule has 0 bridgehead atoms. The van der Waals surface area contributed by atoms with Crippen LogP contribution in [-0.2, 0) is 24.3 Å². The van der Waals surface area contributed by atoms with E-state index in [-0.39, 0.29) is 22.8 Å². The van der Waals surface area contributed by atoms with Crippen molar-refractivity contribution in [3.63, 3.8) is 0 Å². The zero-order valence-corrected chi connectivity index (χ0v) is 18.8. The molecule has 1 amide bonds. The summed E-state index contributed by atoms with van der Waals surface area (Å²) in [6, 6.07) is 6.25.